The van der Waals surface area contributed by atoms with Crippen molar-refractivity contribution in [2.75, 3.05) is 20.0 Å². The van der Waals surface area contributed by atoms with Crippen LogP contribution in [-0.4, -0.2) is 37.5 Å². The van der Waals surface area contributed by atoms with Crippen LogP contribution in [0, 0.1) is 0 Å². The Bertz CT molecular complexity index is 1290. The van der Waals surface area contributed by atoms with Gasteiger partial charge in [0.1, 0.15) is 11.4 Å². The highest BCUT2D eigenvalue weighted by Gasteiger charge is 2.14. The molecule has 0 aliphatic rings. The first kappa shape index (κ1) is 26.7. The quantitative estimate of drug-likeness (QED) is 0.104. The molecule has 0 saturated heterocycles. The van der Waals surface area contributed by atoms with Crippen molar-refractivity contribution in [2.45, 2.75) is 38.7 Å². The highest BCUT2D eigenvalue weighted by atomic mass is 35.5. The van der Waals surface area contributed by atoms with Crippen molar-refractivity contribution >= 4 is 36.9 Å². The number of hydrogen-bond acceptors (Lipinski definition) is 4. The molecule has 2 heterocycles. The van der Waals surface area contributed by atoms with Gasteiger partial charge in [0.05, 0.1) is 29.0 Å². The molecule has 0 atom stereocenters. The second kappa shape index (κ2) is 12.3. The van der Waals surface area contributed by atoms with Gasteiger partial charge in [-0.1, -0.05) is 73.2 Å². The Kier molecular flexibility index (Phi) is 9.09. The van der Waals surface area contributed by atoms with Crippen LogP contribution in [-0.2, 0) is 22.5 Å². The van der Waals surface area contributed by atoms with Gasteiger partial charge in [0.2, 0.25) is 0 Å². The van der Waals surface area contributed by atoms with E-state index in [2.05, 4.69) is 31.8 Å². The zero-order chi connectivity index (χ0) is 25.5. The molecule has 0 amide bonds. The molecule has 190 valence electrons. The van der Waals surface area contributed by atoms with Crippen LogP contribution in [0.25, 0.3) is 16.8 Å². The van der Waals surface area contributed by atoms with E-state index in [1.54, 1.807) is 6.07 Å². The number of ether oxygens (including phenoxy) is 3. The van der Waals surface area contributed by atoms with Crippen molar-refractivity contribution in [2.24, 2.45) is 0 Å². The molecule has 0 unspecified atom stereocenters. The molecule has 0 aliphatic carbocycles. The molecule has 36 heavy (non-hydrogen) atoms. The standard InChI is InChI=1S/C28H32Cl2N2O3Si/c1-36(2,3)14-13-34-20-35-27-17-26(30)25(29)16-24(27)22-9-11-32-18-23(31-28(32)15-22)10-12-33-19-21-7-5-4-6-8-21/h4-9,11,15-18H,10,12-14,19-20H2,1-3H3. The highest BCUT2D eigenvalue weighted by molar-refractivity contribution is 6.76. The average molecular weight is 544 g/mol. The highest BCUT2D eigenvalue weighted by Crippen LogP contribution is 2.37. The zero-order valence-corrected chi connectivity index (χ0v) is 23.5. The van der Waals surface area contributed by atoms with Crippen LogP contribution in [0.15, 0.2) is 67.0 Å². The Hall–Kier alpha value is -2.35. The molecule has 4 aromatic rings. The topological polar surface area (TPSA) is 45.0 Å². The Morgan fingerprint density at radius 1 is 0.917 bits per heavy atom. The molecule has 4 rings (SSSR count). The normalized spacial score (nSPS) is 11.8. The molecule has 0 bridgehead atoms. The lowest BCUT2D eigenvalue weighted by molar-refractivity contribution is 0.0224. The summed E-state index contributed by atoms with van der Waals surface area (Å²) in [6, 6.07) is 18.9. The van der Waals surface area contributed by atoms with Crippen LogP contribution in [0.2, 0.25) is 35.7 Å². The number of aromatic nitrogens is 2. The van der Waals surface area contributed by atoms with E-state index in [9.17, 15) is 0 Å². The van der Waals surface area contributed by atoms with E-state index in [1.807, 2.05) is 53.2 Å². The van der Waals surface area contributed by atoms with E-state index in [0.717, 1.165) is 34.9 Å². The maximum atomic E-state index is 6.36. The number of hydrogen-bond donors (Lipinski definition) is 0. The third kappa shape index (κ3) is 7.57. The summed E-state index contributed by atoms with van der Waals surface area (Å²) in [6.07, 6.45) is 4.76. The molecular formula is C28H32Cl2N2O3Si. The number of fused-ring (bicyclic) bond motifs is 1. The van der Waals surface area contributed by atoms with Gasteiger partial charge in [-0.15, -0.1) is 0 Å². The Balaban J connectivity index is 1.43. The third-order valence-electron chi connectivity index (χ3n) is 5.75. The maximum Gasteiger partial charge on any atom is 0.189 e. The Labute approximate surface area is 223 Å². The molecule has 8 heteroatoms. The van der Waals surface area contributed by atoms with E-state index in [-0.39, 0.29) is 6.79 Å². The summed E-state index contributed by atoms with van der Waals surface area (Å²) in [4.78, 5) is 4.78. The molecule has 0 radical (unpaired) electrons. The Morgan fingerprint density at radius 2 is 1.69 bits per heavy atom. The van der Waals surface area contributed by atoms with E-state index in [1.165, 1.54) is 5.56 Å². The monoisotopic (exact) mass is 542 g/mol. The molecule has 2 aromatic carbocycles. The molecular weight excluding hydrogens is 511 g/mol. The molecule has 0 fully saturated rings. The minimum absolute atomic E-state index is 0.161. The van der Waals surface area contributed by atoms with E-state index in [0.29, 0.717) is 35.6 Å². The van der Waals surface area contributed by atoms with Crippen LogP contribution in [0.1, 0.15) is 11.3 Å². The van der Waals surface area contributed by atoms with Crippen molar-refractivity contribution in [3.05, 3.63) is 88.3 Å². The van der Waals surface area contributed by atoms with Gasteiger partial charge < -0.3 is 18.6 Å². The molecule has 0 spiro atoms. The summed E-state index contributed by atoms with van der Waals surface area (Å²) in [5, 5.41) is 0.912. The summed E-state index contributed by atoms with van der Waals surface area (Å²) in [5.74, 6) is 0.628. The fourth-order valence-corrected chi connectivity index (χ4v) is 4.75. The van der Waals surface area contributed by atoms with Crippen LogP contribution in [0.3, 0.4) is 0 Å². The summed E-state index contributed by atoms with van der Waals surface area (Å²) in [7, 11) is -1.15. The number of imidazole rings is 1. The largest absolute Gasteiger partial charge is 0.467 e. The van der Waals surface area contributed by atoms with E-state index < -0.39 is 8.07 Å². The zero-order valence-electron chi connectivity index (χ0n) is 21.0. The minimum atomic E-state index is -1.15. The first-order valence-electron chi connectivity index (χ1n) is 12.1. The average Bonchev–Trinajstić information content (AvgIpc) is 3.25. The lowest BCUT2D eigenvalue weighted by Gasteiger charge is -2.17. The smallest absolute Gasteiger partial charge is 0.189 e. The van der Waals surface area contributed by atoms with Gasteiger partial charge in [0.15, 0.2) is 6.79 Å². The van der Waals surface area contributed by atoms with Crippen LogP contribution >= 0.6 is 23.2 Å². The van der Waals surface area contributed by atoms with Crippen molar-refractivity contribution < 1.29 is 14.2 Å². The number of nitrogens with zero attached hydrogens (tertiary/aromatic N) is 2. The van der Waals surface area contributed by atoms with E-state index >= 15 is 0 Å². The predicted octanol–water partition coefficient (Wildman–Crippen LogP) is 7.76. The first-order valence-corrected chi connectivity index (χ1v) is 16.5. The summed E-state index contributed by atoms with van der Waals surface area (Å²) in [5.41, 5.74) is 4.76. The third-order valence-corrected chi connectivity index (χ3v) is 8.18. The molecule has 0 aliphatic heterocycles. The van der Waals surface area contributed by atoms with Gasteiger partial charge in [0.25, 0.3) is 0 Å². The second-order valence-corrected chi connectivity index (χ2v) is 16.4. The van der Waals surface area contributed by atoms with Crippen molar-refractivity contribution in [1.29, 1.82) is 0 Å². The van der Waals surface area contributed by atoms with Crippen LogP contribution in [0.4, 0.5) is 0 Å². The summed E-state index contributed by atoms with van der Waals surface area (Å²) >= 11 is 12.7. The lowest BCUT2D eigenvalue weighted by Crippen LogP contribution is -2.22. The van der Waals surface area contributed by atoms with Crippen LogP contribution < -0.4 is 4.74 Å². The Morgan fingerprint density at radius 3 is 2.47 bits per heavy atom. The minimum Gasteiger partial charge on any atom is -0.467 e. The van der Waals surface area contributed by atoms with Gasteiger partial charge in [-0.05, 0) is 35.4 Å². The number of rotatable bonds is 12. The number of pyridine rings is 1. The lowest BCUT2D eigenvalue weighted by atomic mass is 10.1. The fraction of sp³-hybridized carbons (Fsp3) is 0.321. The van der Waals surface area contributed by atoms with Gasteiger partial charge in [-0.2, -0.15) is 0 Å². The van der Waals surface area contributed by atoms with Crippen LogP contribution in [0.5, 0.6) is 5.75 Å². The van der Waals surface area contributed by atoms with Gasteiger partial charge in [0, 0.05) is 45.1 Å². The summed E-state index contributed by atoms with van der Waals surface area (Å²) < 4.78 is 19.5. The van der Waals surface area contributed by atoms with Crippen molar-refractivity contribution in [3.8, 4) is 16.9 Å². The first-order chi connectivity index (χ1) is 17.3. The van der Waals surface area contributed by atoms with Crippen molar-refractivity contribution in [3.63, 3.8) is 0 Å². The molecule has 5 nitrogen and oxygen atoms in total. The fourth-order valence-electron chi connectivity index (χ4n) is 3.68. The molecule has 0 saturated carbocycles. The van der Waals surface area contributed by atoms with Crippen molar-refractivity contribution in [1.82, 2.24) is 9.38 Å². The van der Waals surface area contributed by atoms with Gasteiger partial charge >= 0.3 is 0 Å². The maximum absolute atomic E-state index is 6.36. The summed E-state index contributed by atoms with van der Waals surface area (Å²) in [6.45, 7) is 9.02. The second-order valence-electron chi connectivity index (χ2n) is 9.94. The molecule has 2 aromatic heterocycles. The van der Waals surface area contributed by atoms with E-state index in [4.69, 9.17) is 42.4 Å². The SMILES string of the molecule is C[Si](C)(C)CCOCOc1cc(Cl)c(Cl)cc1-c1ccn2cc(CCOCc3ccccc3)nc2c1. The van der Waals surface area contributed by atoms with Gasteiger partial charge in [-0.25, -0.2) is 4.98 Å². The number of benzene rings is 2. The predicted molar refractivity (Wildman–Crippen MR) is 150 cm³/mol. The number of halogens is 2. The molecule has 0 N–H and O–H groups in total. The van der Waals surface area contributed by atoms with Gasteiger partial charge in [-0.3, -0.25) is 0 Å².